The average molecular weight is 276 g/mol. The largest absolute Gasteiger partial charge is 0.462 e. The third-order valence-corrected chi connectivity index (χ3v) is 3.76. The number of likely N-dealkylation sites (N-methyl/N-ethyl adjacent to an activating group) is 1. The van der Waals surface area contributed by atoms with Crippen molar-refractivity contribution < 1.29 is 9.13 Å². The molecule has 5 nitrogen and oxygen atoms in total. The first-order chi connectivity index (χ1) is 9.65. The van der Waals surface area contributed by atoms with Gasteiger partial charge in [-0.15, -0.1) is 0 Å². The summed E-state index contributed by atoms with van der Waals surface area (Å²) in [5.74, 6) is -0.177. The Hall–Kier alpha value is -1.95. The van der Waals surface area contributed by atoms with Crippen molar-refractivity contribution in [3.05, 3.63) is 24.0 Å². The second-order valence-corrected chi connectivity index (χ2v) is 5.12. The summed E-state index contributed by atoms with van der Waals surface area (Å²) >= 11 is 0. The summed E-state index contributed by atoms with van der Waals surface area (Å²) in [6, 6.07) is 5.13. The third-order valence-electron chi connectivity index (χ3n) is 3.76. The number of nitrogen functional groups attached to an aromatic ring is 1. The summed E-state index contributed by atoms with van der Waals surface area (Å²) in [7, 11) is 2.07. The number of benzene rings is 1. The van der Waals surface area contributed by atoms with Gasteiger partial charge in [-0.25, -0.2) is 4.39 Å². The van der Waals surface area contributed by atoms with E-state index < -0.39 is 5.82 Å². The van der Waals surface area contributed by atoms with Gasteiger partial charge in [0, 0.05) is 11.4 Å². The van der Waals surface area contributed by atoms with Crippen LogP contribution in [0.3, 0.4) is 0 Å². The molecule has 6 heteroatoms. The van der Waals surface area contributed by atoms with E-state index in [2.05, 4.69) is 21.9 Å². The molecule has 1 fully saturated rings. The number of likely N-dealkylation sites (tertiary alicyclic amines) is 1. The average Bonchev–Trinajstić information content (AvgIpc) is 2.83. The fourth-order valence-electron chi connectivity index (χ4n) is 2.54. The Morgan fingerprint density at radius 1 is 1.45 bits per heavy atom. The molecule has 1 atom stereocenters. The monoisotopic (exact) mass is 276 g/mol. The van der Waals surface area contributed by atoms with Gasteiger partial charge in [0.2, 0.25) is 0 Å². The van der Waals surface area contributed by atoms with Gasteiger partial charge in [0.15, 0.2) is 0 Å². The highest BCUT2D eigenvalue weighted by molar-refractivity contribution is 5.88. The van der Waals surface area contributed by atoms with Crippen molar-refractivity contribution in [1.82, 2.24) is 14.9 Å². The van der Waals surface area contributed by atoms with Crippen molar-refractivity contribution >= 4 is 16.7 Å². The molecule has 2 heterocycles. The molecule has 0 bridgehead atoms. The normalized spacial score (nSPS) is 19.6. The molecule has 2 N–H and O–H groups in total. The molecule has 0 radical (unpaired) electrons. The van der Waals surface area contributed by atoms with E-state index in [9.17, 15) is 4.39 Å². The molecule has 1 aliphatic heterocycles. The maximum absolute atomic E-state index is 13.7. The lowest BCUT2D eigenvalue weighted by atomic mass is 10.2. The Bertz CT molecular complexity index is 634. The molecule has 1 aromatic heterocycles. The molecule has 106 valence electrons. The van der Waals surface area contributed by atoms with Gasteiger partial charge in [-0.1, -0.05) is 6.07 Å². The highest BCUT2D eigenvalue weighted by atomic mass is 19.1. The van der Waals surface area contributed by atoms with Crippen LogP contribution in [0.2, 0.25) is 0 Å². The van der Waals surface area contributed by atoms with E-state index in [1.165, 1.54) is 12.5 Å². The number of hydrogen-bond acceptors (Lipinski definition) is 5. The van der Waals surface area contributed by atoms with Gasteiger partial charge in [-0.05, 0) is 38.6 Å². The van der Waals surface area contributed by atoms with E-state index in [0.717, 1.165) is 13.0 Å². The van der Waals surface area contributed by atoms with Crippen LogP contribution in [0.4, 0.5) is 10.2 Å². The van der Waals surface area contributed by atoms with Crippen LogP contribution >= 0.6 is 0 Å². The van der Waals surface area contributed by atoms with Crippen molar-refractivity contribution in [1.29, 1.82) is 0 Å². The summed E-state index contributed by atoms with van der Waals surface area (Å²) in [6.07, 6.45) is 2.26. The predicted octanol–water partition coefficient (Wildman–Crippen LogP) is 1.82. The van der Waals surface area contributed by atoms with E-state index in [4.69, 9.17) is 10.5 Å². The van der Waals surface area contributed by atoms with E-state index in [-0.39, 0.29) is 17.3 Å². The Kier molecular flexibility index (Phi) is 3.40. The van der Waals surface area contributed by atoms with Crippen molar-refractivity contribution in [2.75, 3.05) is 25.9 Å². The van der Waals surface area contributed by atoms with Crippen LogP contribution in [0.25, 0.3) is 10.9 Å². The summed E-state index contributed by atoms with van der Waals surface area (Å²) in [4.78, 5) is 10.4. The van der Waals surface area contributed by atoms with Crippen molar-refractivity contribution in [3.63, 3.8) is 0 Å². The molecule has 0 amide bonds. The minimum absolute atomic E-state index is 0.139. The number of aromatic nitrogens is 2. The van der Waals surface area contributed by atoms with Crippen LogP contribution in [0, 0.1) is 5.82 Å². The molecule has 1 aromatic carbocycles. The lowest BCUT2D eigenvalue weighted by molar-refractivity contribution is 0.188. The molecule has 20 heavy (non-hydrogen) atoms. The van der Waals surface area contributed by atoms with Crippen LogP contribution in [-0.4, -0.2) is 41.1 Å². The standard InChI is InChI=1S/C14H17FN4O/c1-19-7-3-4-9(19)8-20-14-17-12-10(13(16)18-14)5-2-6-11(12)15/h2,5-6,9H,3-4,7-8H2,1H3,(H2,16,17,18). The molecular weight excluding hydrogens is 259 g/mol. The minimum atomic E-state index is -0.417. The van der Waals surface area contributed by atoms with E-state index in [1.54, 1.807) is 12.1 Å². The van der Waals surface area contributed by atoms with Crippen LogP contribution < -0.4 is 10.5 Å². The number of nitrogens with two attached hydrogens (primary N) is 1. The topological polar surface area (TPSA) is 64.3 Å². The van der Waals surface area contributed by atoms with Gasteiger partial charge in [-0.3, -0.25) is 0 Å². The third kappa shape index (κ3) is 2.38. The van der Waals surface area contributed by atoms with Gasteiger partial charge in [0.05, 0.1) is 0 Å². The van der Waals surface area contributed by atoms with E-state index >= 15 is 0 Å². The van der Waals surface area contributed by atoms with Crippen molar-refractivity contribution in [2.24, 2.45) is 0 Å². The number of halogens is 1. The SMILES string of the molecule is CN1CCCC1COc1nc(N)c2cccc(F)c2n1. The van der Waals surface area contributed by atoms with Gasteiger partial charge in [0.25, 0.3) is 0 Å². The highest BCUT2D eigenvalue weighted by Gasteiger charge is 2.22. The smallest absolute Gasteiger partial charge is 0.319 e. The zero-order valence-electron chi connectivity index (χ0n) is 11.3. The Morgan fingerprint density at radius 2 is 2.30 bits per heavy atom. The Balaban J connectivity index is 1.83. The Labute approximate surface area is 116 Å². The number of anilines is 1. The summed E-state index contributed by atoms with van der Waals surface area (Å²) in [6.45, 7) is 1.57. The summed E-state index contributed by atoms with van der Waals surface area (Å²) < 4.78 is 19.3. The molecule has 1 aliphatic rings. The first-order valence-electron chi connectivity index (χ1n) is 6.70. The molecule has 3 rings (SSSR count). The predicted molar refractivity (Wildman–Crippen MR) is 75.1 cm³/mol. The molecular formula is C14H17FN4O. The first kappa shape index (κ1) is 13.1. The molecule has 1 unspecified atom stereocenters. The zero-order valence-corrected chi connectivity index (χ0v) is 11.3. The van der Waals surface area contributed by atoms with Gasteiger partial charge < -0.3 is 15.4 Å². The zero-order chi connectivity index (χ0) is 14.1. The van der Waals surface area contributed by atoms with Crippen LogP contribution in [0.15, 0.2) is 18.2 Å². The number of hydrogen-bond donors (Lipinski definition) is 1. The number of rotatable bonds is 3. The summed E-state index contributed by atoms with van der Waals surface area (Å²) in [5.41, 5.74) is 6.03. The molecule has 0 aliphatic carbocycles. The fraction of sp³-hybridized carbons (Fsp3) is 0.429. The van der Waals surface area contributed by atoms with Gasteiger partial charge in [0.1, 0.15) is 23.8 Å². The minimum Gasteiger partial charge on any atom is -0.462 e. The highest BCUT2D eigenvalue weighted by Crippen LogP contribution is 2.23. The van der Waals surface area contributed by atoms with Crippen molar-refractivity contribution in [2.45, 2.75) is 18.9 Å². The second kappa shape index (κ2) is 5.20. The van der Waals surface area contributed by atoms with E-state index in [0.29, 0.717) is 18.0 Å². The van der Waals surface area contributed by atoms with Crippen molar-refractivity contribution in [3.8, 4) is 6.01 Å². The summed E-state index contributed by atoms with van der Waals surface area (Å²) in [5, 5.41) is 0.510. The first-order valence-corrected chi connectivity index (χ1v) is 6.70. The lowest BCUT2D eigenvalue weighted by Gasteiger charge is -2.19. The maximum Gasteiger partial charge on any atom is 0.319 e. The number of para-hydroxylation sites is 1. The Morgan fingerprint density at radius 3 is 3.05 bits per heavy atom. The van der Waals surface area contributed by atoms with E-state index in [1.807, 2.05) is 0 Å². The number of nitrogens with zero attached hydrogens (tertiary/aromatic N) is 3. The quantitative estimate of drug-likeness (QED) is 0.926. The maximum atomic E-state index is 13.7. The molecule has 0 saturated carbocycles. The lowest BCUT2D eigenvalue weighted by Crippen LogP contribution is -2.30. The number of ether oxygens (including phenoxy) is 1. The van der Waals surface area contributed by atoms with Gasteiger partial charge in [-0.2, -0.15) is 9.97 Å². The number of fused-ring (bicyclic) bond motifs is 1. The van der Waals surface area contributed by atoms with Gasteiger partial charge >= 0.3 is 6.01 Å². The molecule has 2 aromatic rings. The molecule has 0 spiro atoms. The van der Waals surface area contributed by atoms with Crippen LogP contribution in [0.5, 0.6) is 6.01 Å². The second-order valence-electron chi connectivity index (χ2n) is 5.12. The van der Waals surface area contributed by atoms with Crippen LogP contribution in [0.1, 0.15) is 12.8 Å². The fourth-order valence-corrected chi connectivity index (χ4v) is 2.54. The van der Waals surface area contributed by atoms with Crippen LogP contribution in [-0.2, 0) is 0 Å². The molecule has 1 saturated heterocycles.